The van der Waals surface area contributed by atoms with Crippen molar-refractivity contribution in [1.29, 1.82) is 5.26 Å². The fourth-order valence-corrected chi connectivity index (χ4v) is 1.67. The smallest absolute Gasteiger partial charge is 0.165 e. The van der Waals surface area contributed by atoms with E-state index in [1.165, 1.54) is 18.2 Å². The Bertz CT molecular complexity index is 621. The van der Waals surface area contributed by atoms with E-state index in [1.807, 2.05) is 6.07 Å². The molecule has 0 aliphatic carbocycles. The molecule has 0 fully saturated rings. The lowest BCUT2D eigenvalue weighted by molar-refractivity contribution is 0.629. The second-order valence-electron chi connectivity index (χ2n) is 3.24. The van der Waals surface area contributed by atoms with Gasteiger partial charge in [0.05, 0.1) is 5.56 Å². The van der Waals surface area contributed by atoms with E-state index in [4.69, 9.17) is 11.0 Å². The van der Waals surface area contributed by atoms with Gasteiger partial charge in [0.1, 0.15) is 23.4 Å². The predicted molar refractivity (Wildman–Crippen MR) is 64.3 cm³/mol. The summed E-state index contributed by atoms with van der Waals surface area (Å²) in [7, 11) is 0. The zero-order valence-corrected chi connectivity index (χ0v) is 10.1. The molecule has 1 heterocycles. The summed E-state index contributed by atoms with van der Waals surface area (Å²) in [5, 5.41) is 8.76. The fourth-order valence-electron chi connectivity index (χ4n) is 1.31. The molecule has 84 valence electrons. The Hall–Kier alpha value is -2.00. The molecule has 0 amide bonds. The van der Waals surface area contributed by atoms with Gasteiger partial charge in [-0.05, 0) is 18.2 Å². The number of aromatic nitrogens is 2. The van der Waals surface area contributed by atoms with Gasteiger partial charge in [0, 0.05) is 10.5 Å². The molecule has 1 aromatic carbocycles. The van der Waals surface area contributed by atoms with Gasteiger partial charge in [-0.3, -0.25) is 0 Å². The molecule has 17 heavy (non-hydrogen) atoms. The quantitative estimate of drug-likeness (QED) is 0.876. The minimum Gasteiger partial charge on any atom is -0.384 e. The molecule has 6 heteroatoms. The molecule has 0 bridgehead atoms. The molecule has 0 spiro atoms. The lowest BCUT2D eigenvalue weighted by atomic mass is 10.2. The third-order valence-corrected chi connectivity index (χ3v) is 2.52. The number of hydrogen-bond donors (Lipinski definition) is 1. The van der Waals surface area contributed by atoms with E-state index < -0.39 is 5.82 Å². The van der Waals surface area contributed by atoms with Crippen LogP contribution in [0.1, 0.15) is 5.69 Å². The standard InChI is InChI=1S/C11H6BrFN4/c12-6-1-2-9(13)8(3-6)11-16-7(5-14)4-10(15)17-11/h1-4H,(H2,15,16,17). The third-order valence-electron chi connectivity index (χ3n) is 2.03. The molecule has 0 aliphatic rings. The van der Waals surface area contributed by atoms with Crippen LogP contribution in [0.3, 0.4) is 0 Å². The Balaban J connectivity index is 2.64. The van der Waals surface area contributed by atoms with Crippen LogP contribution in [0.25, 0.3) is 11.4 Å². The molecule has 2 N–H and O–H groups in total. The highest BCUT2D eigenvalue weighted by atomic mass is 79.9. The highest BCUT2D eigenvalue weighted by molar-refractivity contribution is 9.10. The van der Waals surface area contributed by atoms with Gasteiger partial charge in [0.2, 0.25) is 0 Å². The number of nitrogens with two attached hydrogens (primary N) is 1. The van der Waals surface area contributed by atoms with Gasteiger partial charge in [-0.2, -0.15) is 5.26 Å². The molecule has 1 aromatic heterocycles. The molecule has 0 saturated carbocycles. The van der Waals surface area contributed by atoms with E-state index in [0.29, 0.717) is 4.47 Å². The van der Waals surface area contributed by atoms with Crippen LogP contribution >= 0.6 is 15.9 Å². The molecule has 0 saturated heterocycles. The maximum atomic E-state index is 13.6. The van der Waals surface area contributed by atoms with Crippen LogP contribution in [0.15, 0.2) is 28.7 Å². The number of hydrogen-bond acceptors (Lipinski definition) is 4. The van der Waals surface area contributed by atoms with Gasteiger partial charge in [-0.25, -0.2) is 14.4 Å². The van der Waals surface area contributed by atoms with Crippen LogP contribution in [0.5, 0.6) is 0 Å². The van der Waals surface area contributed by atoms with E-state index in [1.54, 1.807) is 6.07 Å². The SMILES string of the molecule is N#Cc1cc(N)nc(-c2cc(Br)ccc2F)n1. The van der Waals surface area contributed by atoms with Crippen LogP contribution in [0.4, 0.5) is 10.2 Å². The highest BCUT2D eigenvalue weighted by Crippen LogP contribution is 2.24. The van der Waals surface area contributed by atoms with Gasteiger partial charge in [-0.15, -0.1) is 0 Å². The minimum atomic E-state index is -0.470. The number of nitriles is 1. The first-order valence-corrected chi connectivity index (χ1v) is 5.39. The summed E-state index contributed by atoms with van der Waals surface area (Å²) in [6.07, 6.45) is 0. The van der Waals surface area contributed by atoms with Crippen molar-refractivity contribution in [2.75, 3.05) is 5.73 Å². The second-order valence-corrected chi connectivity index (χ2v) is 4.15. The minimum absolute atomic E-state index is 0.0975. The van der Waals surface area contributed by atoms with E-state index in [0.717, 1.165) is 0 Å². The molecule has 0 radical (unpaired) electrons. The number of rotatable bonds is 1. The average Bonchev–Trinajstić information content (AvgIpc) is 2.31. The molecular formula is C11H6BrFN4. The summed E-state index contributed by atoms with van der Waals surface area (Å²) in [6, 6.07) is 7.57. The third kappa shape index (κ3) is 2.40. The van der Waals surface area contributed by atoms with E-state index in [2.05, 4.69) is 25.9 Å². The van der Waals surface area contributed by atoms with Crippen molar-refractivity contribution in [1.82, 2.24) is 9.97 Å². The van der Waals surface area contributed by atoms with Gasteiger partial charge in [-0.1, -0.05) is 15.9 Å². The van der Waals surface area contributed by atoms with Crippen molar-refractivity contribution in [3.05, 3.63) is 40.2 Å². The summed E-state index contributed by atoms with van der Waals surface area (Å²) < 4.78 is 14.3. The highest BCUT2D eigenvalue weighted by Gasteiger charge is 2.10. The number of halogens is 2. The summed E-state index contributed by atoms with van der Waals surface area (Å²) >= 11 is 3.23. The van der Waals surface area contributed by atoms with Crippen molar-refractivity contribution < 1.29 is 4.39 Å². The number of nitrogen functional groups attached to an aromatic ring is 1. The predicted octanol–water partition coefficient (Wildman–Crippen LogP) is 2.50. The van der Waals surface area contributed by atoms with Crippen LogP contribution in [0.2, 0.25) is 0 Å². The second kappa shape index (κ2) is 4.47. The van der Waals surface area contributed by atoms with Gasteiger partial charge < -0.3 is 5.73 Å². The van der Waals surface area contributed by atoms with Crippen LogP contribution in [-0.2, 0) is 0 Å². The van der Waals surface area contributed by atoms with Gasteiger partial charge in [0.15, 0.2) is 5.82 Å². The zero-order valence-electron chi connectivity index (χ0n) is 8.48. The van der Waals surface area contributed by atoms with Crippen molar-refractivity contribution >= 4 is 21.7 Å². The number of nitrogens with zero attached hydrogens (tertiary/aromatic N) is 3. The Morgan fingerprint density at radius 1 is 1.29 bits per heavy atom. The Morgan fingerprint density at radius 2 is 2.06 bits per heavy atom. The molecule has 2 rings (SSSR count). The average molecular weight is 293 g/mol. The normalized spacial score (nSPS) is 9.94. The first-order chi connectivity index (χ1) is 8.10. The van der Waals surface area contributed by atoms with E-state index >= 15 is 0 Å². The van der Waals surface area contributed by atoms with Crippen molar-refractivity contribution in [2.45, 2.75) is 0 Å². The van der Waals surface area contributed by atoms with E-state index in [9.17, 15) is 4.39 Å². The molecule has 0 aliphatic heterocycles. The zero-order chi connectivity index (χ0) is 12.4. The summed E-state index contributed by atoms with van der Waals surface area (Å²) in [5.74, 6) is -0.242. The molecule has 0 unspecified atom stereocenters. The van der Waals surface area contributed by atoms with E-state index in [-0.39, 0.29) is 22.9 Å². The Kier molecular flexibility index (Phi) is 3.02. The molecule has 4 nitrogen and oxygen atoms in total. The van der Waals surface area contributed by atoms with Crippen LogP contribution in [0, 0.1) is 17.1 Å². The Labute approximate surface area is 105 Å². The van der Waals surface area contributed by atoms with Crippen molar-refractivity contribution in [3.8, 4) is 17.5 Å². The van der Waals surface area contributed by atoms with Crippen LogP contribution in [-0.4, -0.2) is 9.97 Å². The number of anilines is 1. The van der Waals surface area contributed by atoms with Gasteiger partial charge in [0.25, 0.3) is 0 Å². The lowest BCUT2D eigenvalue weighted by Gasteiger charge is -2.04. The van der Waals surface area contributed by atoms with Crippen molar-refractivity contribution in [2.24, 2.45) is 0 Å². The van der Waals surface area contributed by atoms with Gasteiger partial charge >= 0.3 is 0 Å². The summed E-state index contributed by atoms with van der Waals surface area (Å²) in [6.45, 7) is 0. The largest absolute Gasteiger partial charge is 0.384 e. The monoisotopic (exact) mass is 292 g/mol. The summed E-state index contributed by atoms with van der Waals surface area (Å²) in [5.41, 5.74) is 5.83. The van der Waals surface area contributed by atoms with Crippen LogP contribution < -0.4 is 5.73 Å². The summed E-state index contributed by atoms with van der Waals surface area (Å²) in [4.78, 5) is 7.82. The maximum Gasteiger partial charge on any atom is 0.165 e. The maximum absolute atomic E-state index is 13.6. The first-order valence-electron chi connectivity index (χ1n) is 4.60. The topological polar surface area (TPSA) is 75.6 Å². The number of benzene rings is 1. The first kappa shape index (κ1) is 11.5. The molecular weight excluding hydrogens is 287 g/mol. The Morgan fingerprint density at radius 3 is 2.76 bits per heavy atom. The van der Waals surface area contributed by atoms with Crippen molar-refractivity contribution in [3.63, 3.8) is 0 Å². The lowest BCUT2D eigenvalue weighted by Crippen LogP contribution is -1.99. The molecule has 0 atom stereocenters. The molecule has 2 aromatic rings. The fraction of sp³-hybridized carbons (Fsp3) is 0.